The van der Waals surface area contributed by atoms with Crippen LogP contribution in [0.5, 0.6) is 0 Å². The molecule has 3 rings (SSSR count). The highest BCUT2D eigenvalue weighted by molar-refractivity contribution is 5.34. The summed E-state index contributed by atoms with van der Waals surface area (Å²) in [5.74, 6) is 2.72. The standard InChI is InChI=1S/C17H25N/c1-18(2)12-14-7-5-9-17-15-8-4-3-6-13(15)10-11-16(14)17/h3-4,6,8,14,16-17H,5,7,9-12H2,1-2H3/t14-,16+,17-/m0/s1. The van der Waals surface area contributed by atoms with Crippen LogP contribution < -0.4 is 0 Å². The Bertz CT molecular complexity index is 410. The van der Waals surface area contributed by atoms with Gasteiger partial charge < -0.3 is 4.90 Å². The predicted molar refractivity (Wildman–Crippen MR) is 76.9 cm³/mol. The van der Waals surface area contributed by atoms with E-state index in [1.165, 1.54) is 38.6 Å². The molecule has 1 nitrogen and oxygen atoms in total. The van der Waals surface area contributed by atoms with Crippen LogP contribution >= 0.6 is 0 Å². The molecule has 98 valence electrons. The van der Waals surface area contributed by atoms with Crippen molar-refractivity contribution in [2.24, 2.45) is 11.8 Å². The van der Waals surface area contributed by atoms with E-state index in [0.29, 0.717) is 0 Å². The fourth-order valence-electron chi connectivity index (χ4n) is 4.32. The zero-order chi connectivity index (χ0) is 12.5. The molecule has 0 radical (unpaired) electrons. The second kappa shape index (κ2) is 5.05. The van der Waals surface area contributed by atoms with Gasteiger partial charge in [-0.3, -0.25) is 0 Å². The highest BCUT2D eigenvalue weighted by Crippen LogP contribution is 2.47. The minimum Gasteiger partial charge on any atom is -0.309 e. The molecular formula is C17H25N. The van der Waals surface area contributed by atoms with Crippen molar-refractivity contribution in [3.63, 3.8) is 0 Å². The quantitative estimate of drug-likeness (QED) is 0.765. The molecule has 2 aliphatic rings. The molecule has 0 unspecified atom stereocenters. The van der Waals surface area contributed by atoms with Crippen molar-refractivity contribution in [1.29, 1.82) is 0 Å². The zero-order valence-electron chi connectivity index (χ0n) is 11.7. The molecular weight excluding hydrogens is 218 g/mol. The molecule has 0 spiro atoms. The van der Waals surface area contributed by atoms with Gasteiger partial charge in [-0.05, 0) is 68.7 Å². The summed E-state index contributed by atoms with van der Waals surface area (Å²) in [7, 11) is 4.45. The Balaban J connectivity index is 1.85. The lowest BCUT2D eigenvalue weighted by molar-refractivity contribution is 0.146. The van der Waals surface area contributed by atoms with Gasteiger partial charge in [-0.2, -0.15) is 0 Å². The summed E-state index contributed by atoms with van der Waals surface area (Å²) < 4.78 is 0. The van der Waals surface area contributed by atoms with E-state index in [9.17, 15) is 0 Å². The monoisotopic (exact) mass is 243 g/mol. The van der Waals surface area contributed by atoms with Crippen molar-refractivity contribution in [3.05, 3.63) is 35.4 Å². The molecule has 1 aromatic carbocycles. The summed E-state index contributed by atoms with van der Waals surface area (Å²) in [5.41, 5.74) is 3.31. The van der Waals surface area contributed by atoms with Crippen molar-refractivity contribution in [2.75, 3.05) is 20.6 Å². The van der Waals surface area contributed by atoms with Gasteiger partial charge in [0.15, 0.2) is 0 Å². The first-order chi connectivity index (χ1) is 8.75. The lowest BCUT2D eigenvalue weighted by Crippen LogP contribution is -2.36. The van der Waals surface area contributed by atoms with Crippen LogP contribution in [0.25, 0.3) is 0 Å². The molecule has 0 bridgehead atoms. The van der Waals surface area contributed by atoms with Gasteiger partial charge >= 0.3 is 0 Å². The number of hydrogen-bond acceptors (Lipinski definition) is 1. The Labute approximate surface area is 111 Å². The van der Waals surface area contributed by atoms with Crippen LogP contribution in [0.1, 0.15) is 42.7 Å². The van der Waals surface area contributed by atoms with E-state index in [1.807, 2.05) is 0 Å². The van der Waals surface area contributed by atoms with Crippen molar-refractivity contribution in [2.45, 2.75) is 38.0 Å². The van der Waals surface area contributed by atoms with Gasteiger partial charge in [0.1, 0.15) is 0 Å². The van der Waals surface area contributed by atoms with Crippen LogP contribution in [-0.4, -0.2) is 25.5 Å². The van der Waals surface area contributed by atoms with Crippen molar-refractivity contribution in [1.82, 2.24) is 4.90 Å². The second-order valence-electron chi connectivity index (χ2n) is 6.46. The minimum absolute atomic E-state index is 0.855. The van der Waals surface area contributed by atoms with Crippen molar-refractivity contribution in [3.8, 4) is 0 Å². The Morgan fingerprint density at radius 2 is 1.94 bits per heavy atom. The maximum atomic E-state index is 2.39. The van der Waals surface area contributed by atoms with Gasteiger partial charge in [0.2, 0.25) is 0 Å². The van der Waals surface area contributed by atoms with Crippen LogP contribution in [0, 0.1) is 11.8 Å². The van der Waals surface area contributed by atoms with Gasteiger partial charge in [-0.1, -0.05) is 30.7 Å². The summed E-state index contributed by atoms with van der Waals surface area (Å²) in [6.45, 7) is 1.28. The zero-order valence-corrected chi connectivity index (χ0v) is 11.7. The summed E-state index contributed by atoms with van der Waals surface area (Å²) >= 11 is 0. The summed E-state index contributed by atoms with van der Waals surface area (Å²) in [6, 6.07) is 9.18. The Hall–Kier alpha value is -0.820. The van der Waals surface area contributed by atoms with E-state index in [2.05, 4.69) is 43.3 Å². The first kappa shape index (κ1) is 12.2. The molecule has 0 aliphatic heterocycles. The predicted octanol–water partition coefficient (Wildman–Crippen LogP) is 3.69. The van der Waals surface area contributed by atoms with Gasteiger partial charge in [-0.15, -0.1) is 0 Å². The molecule has 1 saturated carbocycles. The smallest absolute Gasteiger partial charge is 0.000643 e. The Kier molecular flexibility index (Phi) is 3.43. The van der Waals surface area contributed by atoms with Crippen LogP contribution in [0.3, 0.4) is 0 Å². The number of benzene rings is 1. The van der Waals surface area contributed by atoms with Crippen LogP contribution in [0.15, 0.2) is 24.3 Å². The molecule has 1 fully saturated rings. The lowest BCUT2D eigenvalue weighted by atomic mass is 9.63. The minimum atomic E-state index is 0.855. The van der Waals surface area contributed by atoms with Gasteiger partial charge in [0, 0.05) is 6.54 Å². The third kappa shape index (κ3) is 2.21. The first-order valence-electron chi connectivity index (χ1n) is 7.48. The molecule has 0 saturated heterocycles. The summed E-state index contributed by atoms with van der Waals surface area (Å²) in [4.78, 5) is 2.38. The Morgan fingerprint density at radius 1 is 1.11 bits per heavy atom. The number of fused-ring (bicyclic) bond motifs is 3. The molecule has 2 aliphatic carbocycles. The maximum Gasteiger partial charge on any atom is 0.000643 e. The molecule has 18 heavy (non-hydrogen) atoms. The average molecular weight is 243 g/mol. The van der Waals surface area contributed by atoms with Crippen molar-refractivity contribution >= 4 is 0 Å². The van der Waals surface area contributed by atoms with Gasteiger partial charge in [0.25, 0.3) is 0 Å². The third-order valence-electron chi connectivity index (χ3n) is 5.01. The van der Waals surface area contributed by atoms with E-state index in [4.69, 9.17) is 0 Å². The van der Waals surface area contributed by atoms with E-state index in [-0.39, 0.29) is 0 Å². The SMILES string of the molecule is CN(C)C[C@@H]1CCC[C@H]2c3ccccc3CC[C@H]12. The number of rotatable bonds is 2. The van der Waals surface area contributed by atoms with E-state index >= 15 is 0 Å². The summed E-state index contributed by atoms with van der Waals surface area (Å²) in [6.07, 6.45) is 7.02. The molecule has 1 heteroatoms. The highest BCUT2D eigenvalue weighted by Gasteiger charge is 2.37. The largest absolute Gasteiger partial charge is 0.309 e. The van der Waals surface area contributed by atoms with E-state index in [1.54, 1.807) is 11.1 Å². The van der Waals surface area contributed by atoms with Crippen LogP contribution in [0.4, 0.5) is 0 Å². The molecule has 0 heterocycles. The molecule has 0 aromatic heterocycles. The molecule has 3 atom stereocenters. The fraction of sp³-hybridized carbons (Fsp3) is 0.647. The molecule has 1 aromatic rings. The Morgan fingerprint density at radius 3 is 2.78 bits per heavy atom. The first-order valence-corrected chi connectivity index (χ1v) is 7.48. The molecule has 0 N–H and O–H groups in total. The van der Waals surface area contributed by atoms with E-state index < -0.39 is 0 Å². The normalized spacial score (nSPS) is 30.9. The number of aryl methyl sites for hydroxylation is 1. The fourth-order valence-corrected chi connectivity index (χ4v) is 4.32. The average Bonchev–Trinajstić information content (AvgIpc) is 2.38. The van der Waals surface area contributed by atoms with E-state index in [0.717, 1.165) is 17.8 Å². The van der Waals surface area contributed by atoms with Gasteiger partial charge in [0.05, 0.1) is 0 Å². The number of hydrogen-bond donors (Lipinski definition) is 0. The lowest BCUT2D eigenvalue weighted by Gasteiger charge is -2.43. The van der Waals surface area contributed by atoms with Crippen LogP contribution in [-0.2, 0) is 6.42 Å². The van der Waals surface area contributed by atoms with Crippen LogP contribution in [0.2, 0.25) is 0 Å². The second-order valence-corrected chi connectivity index (χ2v) is 6.46. The van der Waals surface area contributed by atoms with Crippen molar-refractivity contribution < 1.29 is 0 Å². The third-order valence-corrected chi connectivity index (χ3v) is 5.01. The maximum absolute atomic E-state index is 2.39. The topological polar surface area (TPSA) is 3.24 Å². The summed E-state index contributed by atoms with van der Waals surface area (Å²) in [5, 5.41) is 0. The number of nitrogens with zero attached hydrogens (tertiary/aromatic N) is 1. The van der Waals surface area contributed by atoms with Gasteiger partial charge in [-0.25, -0.2) is 0 Å². The molecule has 0 amide bonds. The highest BCUT2D eigenvalue weighted by atomic mass is 15.1.